The van der Waals surface area contributed by atoms with Crippen LogP contribution in [0.15, 0.2) is 0 Å². The number of hydrogen-bond donors (Lipinski definition) is 2. The van der Waals surface area contributed by atoms with Gasteiger partial charge in [0.25, 0.3) is 0 Å². The number of aliphatic hydroxyl groups excluding tert-OH is 2. The number of aliphatic hydroxyl groups is 2. The second-order valence-corrected chi connectivity index (χ2v) is 3.55. The summed E-state index contributed by atoms with van der Waals surface area (Å²) in [5.74, 6) is -1.35. The molecule has 0 radical (unpaired) electrons. The molecule has 0 saturated carbocycles. The summed E-state index contributed by atoms with van der Waals surface area (Å²) in [5.41, 5.74) is 0. The largest absolute Gasteiger partial charge is 0.393 e. The fourth-order valence-corrected chi connectivity index (χ4v) is 1.31. The first-order valence-electron chi connectivity index (χ1n) is 5.81. The summed E-state index contributed by atoms with van der Waals surface area (Å²) < 4.78 is 15.9. The van der Waals surface area contributed by atoms with Gasteiger partial charge in [-0.25, -0.2) is 0 Å². The molecule has 98 valence electrons. The predicted molar refractivity (Wildman–Crippen MR) is 59.9 cm³/mol. The maximum atomic E-state index is 9.22. The van der Waals surface area contributed by atoms with E-state index >= 15 is 0 Å². The molecule has 0 aromatic carbocycles. The highest BCUT2D eigenvalue weighted by Crippen LogP contribution is 2.15. The Morgan fingerprint density at radius 3 is 2.06 bits per heavy atom. The van der Waals surface area contributed by atoms with Gasteiger partial charge < -0.3 is 24.4 Å². The smallest absolute Gasteiger partial charge is 0.307 e. The fourth-order valence-electron chi connectivity index (χ4n) is 1.31. The van der Waals surface area contributed by atoms with Gasteiger partial charge in [0.05, 0.1) is 12.7 Å². The van der Waals surface area contributed by atoms with Crippen LogP contribution in [0.25, 0.3) is 0 Å². The van der Waals surface area contributed by atoms with Crippen molar-refractivity contribution in [1.29, 1.82) is 0 Å². The lowest BCUT2D eigenvalue weighted by Gasteiger charge is -2.30. The minimum absolute atomic E-state index is 0.341. The van der Waals surface area contributed by atoms with E-state index in [-0.39, 0.29) is 12.7 Å². The van der Waals surface area contributed by atoms with Crippen molar-refractivity contribution in [3.8, 4) is 0 Å². The molecule has 16 heavy (non-hydrogen) atoms. The minimum atomic E-state index is -1.35. The van der Waals surface area contributed by atoms with E-state index in [1.54, 1.807) is 6.92 Å². The van der Waals surface area contributed by atoms with Crippen molar-refractivity contribution in [3.05, 3.63) is 0 Å². The SMILES string of the molecule is CCOC(CO)(OCC)OCCCC(C)O. The van der Waals surface area contributed by atoms with Gasteiger partial charge in [-0.1, -0.05) is 0 Å². The maximum Gasteiger partial charge on any atom is 0.307 e. The molecule has 0 bridgehead atoms. The standard InChI is InChI=1S/C11H24O5/c1-4-14-11(9-12,15-5-2)16-8-6-7-10(3)13/h10,12-13H,4-9H2,1-3H3. The molecule has 5 nitrogen and oxygen atoms in total. The van der Waals surface area contributed by atoms with Gasteiger partial charge in [0.1, 0.15) is 6.61 Å². The third kappa shape index (κ3) is 6.40. The van der Waals surface area contributed by atoms with Crippen LogP contribution in [0.5, 0.6) is 0 Å². The Morgan fingerprint density at radius 2 is 1.69 bits per heavy atom. The highest BCUT2D eigenvalue weighted by atomic mass is 16.9. The first-order chi connectivity index (χ1) is 7.60. The lowest BCUT2D eigenvalue weighted by molar-refractivity contribution is -0.389. The molecular formula is C11H24O5. The Bertz CT molecular complexity index is 154. The monoisotopic (exact) mass is 236 g/mol. The van der Waals surface area contributed by atoms with Crippen LogP contribution in [0.2, 0.25) is 0 Å². The van der Waals surface area contributed by atoms with E-state index in [1.165, 1.54) is 0 Å². The topological polar surface area (TPSA) is 68.2 Å². The molecule has 0 rings (SSSR count). The molecule has 0 aliphatic heterocycles. The second kappa shape index (κ2) is 8.90. The molecule has 0 aromatic heterocycles. The second-order valence-electron chi connectivity index (χ2n) is 3.55. The van der Waals surface area contributed by atoms with Crippen LogP contribution in [0.4, 0.5) is 0 Å². The van der Waals surface area contributed by atoms with Crippen molar-refractivity contribution in [1.82, 2.24) is 0 Å². The predicted octanol–water partition coefficient (Wildman–Crippen LogP) is 0.883. The van der Waals surface area contributed by atoms with Crippen molar-refractivity contribution in [2.24, 2.45) is 0 Å². The molecule has 1 atom stereocenters. The molecule has 0 fully saturated rings. The number of hydrogen-bond acceptors (Lipinski definition) is 5. The highest BCUT2D eigenvalue weighted by Gasteiger charge is 2.31. The van der Waals surface area contributed by atoms with Crippen LogP contribution in [0, 0.1) is 0 Å². The lowest BCUT2D eigenvalue weighted by Crippen LogP contribution is -2.43. The normalized spacial score (nSPS) is 14.1. The molecule has 0 saturated heterocycles. The van der Waals surface area contributed by atoms with Crippen LogP contribution in [0.1, 0.15) is 33.6 Å². The summed E-state index contributed by atoms with van der Waals surface area (Å²) in [5, 5.41) is 18.3. The molecule has 0 aliphatic carbocycles. The van der Waals surface area contributed by atoms with Crippen molar-refractivity contribution in [3.63, 3.8) is 0 Å². The Labute approximate surface area is 97.3 Å². The maximum absolute atomic E-state index is 9.22. The molecule has 0 amide bonds. The minimum Gasteiger partial charge on any atom is -0.393 e. The third-order valence-electron chi connectivity index (χ3n) is 2.01. The van der Waals surface area contributed by atoms with E-state index < -0.39 is 5.97 Å². The Balaban J connectivity index is 3.98. The zero-order valence-electron chi connectivity index (χ0n) is 10.4. The third-order valence-corrected chi connectivity index (χ3v) is 2.01. The van der Waals surface area contributed by atoms with Gasteiger partial charge in [0.2, 0.25) is 0 Å². The molecule has 0 spiro atoms. The molecular weight excluding hydrogens is 212 g/mol. The first kappa shape index (κ1) is 15.8. The molecule has 0 aliphatic rings. The van der Waals surface area contributed by atoms with Crippen LogP contribution in [-0.2, 0) is 14.2 Å². The summed E-state index contributed by atoms with van der Waals surface area (Å²) in [6, 6.07) is 0. The Morgan fingerprint density at radius 1 is 1.12 bits per heavy atom. The Hall–Kier alpha value is -0.200. The van der Waals surface area contributed by atoms with Gasteiger partial charge in [-0.05, 0) is 33.6 Å². The summed E-state index contributed by atoms with van der Waals surface area (Å²) in [7, 11) is 0. The Kier molecular flexibility index (Phi) is 8.78. The van der Waals surface area contributed by atoms with E-state index in [9.17, 15) is 5.11 Å². The molecule has 0 aromatic rings. The van der Waals surface area contributed by atoms with Crippen LogP contribution < -0.4 is 0 Å². The van der Waals surface area contributed by atoms with Crippen molar-refractivity contribution >= 4 is 0 Å². The average Bonchev–Trinajstić information content (AvgIpc) is 2.24. The average molecular weight is 236 g/mol. The van der Waals surface area contributed by atoms with Gasteiger partial charge in [0.15, 0.2) is 0 Å². The number of ether oxygens (including phenoxy) is 3. The van der Waals surface area contributed by atoms with Crippen molar-refractivity contribution in [2.75, 3.05) is 26.4 Å². The van der Waals surface area contributed by atoms with Gasteiger partial charge in [-0.2, -0.15) is 0 Å². The first-order valence-corrected chi connectivity index (χ1v) is 5.81. The lowest BCUT2D eigenvalue weighted by atomic mass is 10.2. The van der Waals surface area contributed by atoms with E-state index in [0.29, 0.717) is 32.7 Å². The molecule has 1 unspecified atom stereocenters. The highest BCUT2D eigenvalue weighted by molar-refractivity contribution is 4.56. The van der Waals surface area contributed by atoms with Crippen LogP contribution in [-0.4, -0.2) is 48.7 Å². The van der Waals surface area contributed by atoms with E-state index in [1.807, 2.05) is 13.8 Å². The molecule has 0 heterocycles. The number of rotatable bonds is 10. The van der Waals surface area contributed by atoms with Crippen molar-refractivity contribution in [2.45, 2.75) is 45.7 Å². The summed E-state index contributed by atoms with van der Waals surface area (Å²) >= 11 is 0. The van der Waals surface area contributed by atoms with Gasteiger partial charge in [0, 0.05) is 13.2 Å². The van der Waals surface area contributed by atoms with Crippen LogP contribution >= 0.6 is 0 Å². The van der Waals surface area contributed by atoms with E-state index in [0.717, 1.165) is 0 Å². The van der Waals surface area contributed by atoms with Gasteiger partial charge in [-0.3, -0.25) is 0 Å². The summed E-state index contributed by atoms with van der Waals surface area (Å²) in [6.45, 7) is 6.18. The summed E-state index contributed by atoms with van der Waals surface area (Å²) in [4.78, 5) is 0. The summed E-state index contributed by atoms with van der Waals surface area (Å²) in [6.07, 6.45) is 1.01. The fraction of sp³-hybridized carbons (Fsp3) is 1.00. The molecule has 5 heteroatoms. The van der Waals surface area contributed by atoms with E-state index in [2.05, 4.69) is 0 Å². The zero-order valence-corrected chi connectivity index (χ0v) is 10.4. The quantitative estimate of drug-likeness (QED) is 0.435. The van der Waals surface area contributed by atoms with Gasteiger partial charge >= 0.3 is 5.97 Å². The van der Waals surface area contributed by atoms with Gasteiger partial charge in [-0.15, -0.1) is 0 Å². The van der Waals surface area contributed by atoms with Crippen LogP contribution in [0.3, 0.4) is 0 Å². The van der Waals surface area contributed by atoms with E-state index in [4.69, 9.17) is 19.3 Å². The van der Waals surface area contributed by atoms with Crippen molar-refractivity contribution < 1.29 is 24.4 Å². The molecule has 2 N–H and O–H groups in total. The zero-order chi connectivity index (χ0) is 12.4.